The van der Waals surface area contributed by atoms with E-state index in [-0.39, 0.29) is 28.1 Å². The van der Waals surface area contributed by atoms with E-state index >= 15 is 0 Å². The lowest BCUT2D eigenvalue weighted by Gasteiger charge is -2.10. The van der Waals surface area contributed by atoms with Crippen LogP contribution in [0.1, 0.15) is 5.56 Å². The Kier molecular flexibility index (Phi) is 4.40. The van der Waals surface area contributed by atoms with Gasteiger partial charge < -0.3 is 5.32 Å². The van der Waals surface area contributed by atoms with Crippen LogP contribution in [0, 0.1) is 37.3 Å². The van der Waals surface area contributed by atoms with Crippen molar-refractivity contribution in [3.8, 4) is 0 Å². The zero-order valence-corrected chi connectivity index (χ0v) is 14.8. The summed E-state index contributed by atoms with van der Waals surface area (Å²) in [5.74, 6) is 0. The summed E-state index contributed by atoms with van der Waals surface area (Å²) in [6.45, 7) is 1.53. The number of aryl methyl sites for hydroxylation is 1. The van der Waals surface area contributed by atoms with Gasteiger partial charge in [-0.3, -0.25) is 30.3 Å². The van der Waals surface area contributed by atoms with Gasteiger partial charge in [0.1, 0.15) is 5.69 Å². The average molecular weight is 439 g/mol. The molecule has 0 saturated heterocycles. The fourth-order valence-corrected chi connectivity index (χ4v) is 2.96. The molecule has 13 nitrogen and oxygen atoms in total. The summed E-state index contributed by atoms with van der Waals surface area (Å²) in [6.07, 6.45) is 0. The minimum Gasteiger partial charge on any atom is -0.347 e. The Hall–Kier alpha value is -3.68. The van der Waals surface area contributed by atoms with E-state index in [0.29, 0.717) is 16.1 Å². The van der Waals surface area contributed by atoms with Gasteiger partial charge in [0, 0.05) is 16.1 Å². The van der Waals surface area contributed by atoms with Crippen molar-refractivity contribution in [2.24, 2.45) is 0 Å². The normalized spacial score (nSPS) is 10.7. The number of rotatable bonds is 5. The van der Waals surface area contributed by atoms with E-state index in [0.717, 1.165) is 0 Å². The van der Waals surface area contributed by atoms with Crippen molar-refractivity contribution >= 4 is 55.4 Å². The Balaban J connectivity index is 2.25. The van der Waals surface area contributed by atoms with Gasteiger partial charge in [0.05, 0.1) is 26.5 Å². The number of halogens is 1. The first-order valence-corrected chi connectivity index (χ1v) is 7.79. The first kappa shape index (κ1) is 18.1. The quantitative estimate of drug-likeness (QED) is 0.454. The number of anilines is 2. The van der Waals surface area contributed by atoms with E-state index in [1.54, 1.807) is 0 Å². The van der Waals surface area contributed by atoms with Crippen molar-refractivity contribution in [2.75, 3.05) is 5.32 Å². The summed E-state index contributed by atoms with van der Waals surface area (Å²) in [6, 6.07) is 3.34. The van der Waals surface area contributed by atoms with Crippen LogP contribution in [0.25, 0.3) is 11.0 Å². The molecular formula is C13H7BrN6O7. The van der Waals surface area contributed by atoms with Crippen molar-refractivity contribution in [3.63, 3.8) is 0 Å². The largest absolute Gasteiger partial charge is 0.347 e. The van der Waals surface area contributed by atoms with Crippen LogP contribution in [0.5, 0.6) is 0 Å². The molecule has 3 rings (SSSR count). The van der Waals surface area contributed by atoms with E-state index in [1.807, 2.05) is 0 Å². The number of nitrogens with zero attached hydrogens (tertiary/aromatic N) is 5. The van der Waals surface area contributed by atoms with Crippen LogP contribution in [-0.4, -0.2) is 25.1 Å². The van der Waals surface area contributed by atoms with Crippen molar-refractivity contribution in [1.82, 2.24) is 10.3 Å². The van der Waals surface area contributed by atoms with Crippen LogP contribution in [-0.2, 0) is 0 Å². The predicted molar refractivity (Wildman–Crippen MR) is 93.9 cm³/mol. The van der Waals surface area contributed by atoms with Gasteiger partial charge in [-0.15, -0.1) is 0 Å². The zero-order valence-electron chi connectivity index (χ0n) is 13.2. The summed E-state index contributed by atoms with van der Waals surface area (Å²) < 4.78 is 4.87. The third kappa shape index (κ3) is 3.12. The number of aromatic nitrogens is 2. The van der Waals surface area contributed by atoms with Gasteiger partial charge in [0.2, 0.25) is 5.52 Å². The molecule has 0 atom stereocenters. The predicted octanol–water partition coefficient (Wildman–Crippen LogP) is 3.76. The highest BCUT2D eigenvalue weighted by atomic mass is 79.9. The van der Waals surface area contributed by atoms with E-state index in [4.69, 9.17) is 0 Å². The Morgan fingerprint density at radius 2 is 1.52 bits per heavy atom. The number of non-ortho nitro benzene ring substituents is 1. The van der Waals surface area contributed by atoms with Crippen LogP contribution < -0.4 is 5.32 Å². The maximum Gasteiger partial charge on any atom is 0.307 e. The summed E-state index contributed by atoms with van der Waals surface area (Å²) in [7, 11) is 0. The molecule has 1 aromatic heterocycles. The maximum absolute atomic E-state index is 11.4. The van der Waals surface area contributed by atoms with Crippen LogP contribution >= 0.6 is 15.9 Å². The molecule has 27 heavy (non-hydrogen) atoms. The molecule has 0 aliphatic heterocycles. The number of nitro benzene ring substituents is 3. The molecular weight excluding hydrogens is 432 g/mol. The Morgan fingerprint density at radius 3 is 2.11 bits per heavy atom. The van der Waals surface area contributed by atoms with Crippen molar-refractivity contribution < 1.29 is 19.4 Å². The first-order valence-electron chi connectivity index (χ1n) is 7.00. The molecule has 0 bridgehead atoms. The lowest BCUT2D eigenvalue weighted by Crippen LogP contribution is -2.02. The van der Waals surface area contributed by atoms with Crippen LogP contribution in [0.3, 0.4) is 0 Å². The van der Waals surface area contributed by atoms with Crippen LogP contribution in [0.2, 0.25) is 0 Å². The highest BCUT2D eigenvalue weighted by Gasteiger charge is 2.30. The third-order valence-electron chi connectivity index (χ3n) is 3.63. The van der Waals surface area contributed by atoms with Gasteiger partial charge in [0.25, 0.3) is 5.69 Å². The van der Waals surface area contributed by atoms with E-state index in [1.165, 1.54) is 19.1 Å². The van der Waals surface area contributed by atoms with Crippen molar-refractivity contribution in [1.29, 1.82) is 0 Å². The SMILES string of the molecule is Cc1cc(Br)c(Nc2c([N+](=O)[O-])cc([N+](=O)[O-])c3nonc23)cc1[N+](=O)[O-]. The lowest BCUT2D eigenvalue weighted by atomic mass is 10.1. The Bertz CT molecular complexity index is 1130. The Labute approximate surface area is 156 Å². The highest BCUT2D eigenvalue weighted by Crippen LogP contribution is 2.41. The van der Waals surface area contributed by atoms with E-state index in [2.05, 4.69) is 36.2 Å². The zero-order chi connectivity index (χ0) is 19.9. The molecule has 0 radical (unpaired) electrons. The Morgan fingerprint density at radius 1 is 0.926 bits per heavy atom. The molecule has 2 aromatic carbocycles. The topological polar surface area (TPSA) is 180 Å². The van der Waals surface area contributed by atoms with Crippen LogP contribution in [0.4, 0.5) is 28.4 Å². The second-order valence-corrected chi connectivity index (χ2v) is 6.12. The highest BCUT2D eigenvalue weighted by molar-refractivity contribution is 9.10. The van der Waals surface area contributed by atoms with Gasteiger partial charge in [-0.2, -0.15) is 0 Å². The third-order valence-corrected chi connectivity index (χ3v) is 4.29. The number of fused-ring (bicyclic) bond motifs is 1. The molecule has 3 aromatic rings. The fourth-order valence-electron chi connectivity index (χ4n) is 2.41. The second-order valence-electron chi connectivity index (χ2n) is 5.27. The minimum atomic E-state index is -0.851. The van der Waals surface area contributed by atoms with Gasteiger partial charge >= 0.3 is 11.4 Å². The summed E-state index contributed by atoms with van der Waals surface area (Å²) >= 11 is 3.22. The lowest BCUT2D eigenvalue weighted by molar-refractivity contribution is -0.392. The first-order chi connectivity index (χ1) is 12.7. The van der Waals surface area contributed by atoms with Crippen molar-refractivity contribution in [2.45, 2.75) is 6.92 Å². The number of nitrogens with one attached hydrogen (secondary N) is 1. The number of benzene rings is 2. The van der Waals surface area contributed by atoms with E-state index in [9.17, 15) is 30.3 Å². The number of hydrogen-bond acceptors (Lipinski definition) is 10. The van der Waals surface area contributed by atoms with Gasteiger partial charge in [-0.25, -0.2) is 4.63 Å². The standard InChI is InChI=1S/C13H7BrN6O7/c1-5-2-6(14)7(3-8(5)18(21)22)15-11-9(19(23)24)4-10(20(25)26)12-13(11)17-27-16-12/h2-4,15H,1H3. The summed E-state index contributed by atoms with van der Waals surface area (Å²) in [4.78, 5) is 31.4. The molecule has 14 heteroatoms. The number of nitro groups is 3. The second kappa shape index (κ2) is 6.56. The molecule has 0 aliphatic rings. The van der Waals surface area contributed by atoms with Gasteiger partial charge in [0.15, 0.2) is 5.52 Å². The number of hydrogen-bond donors (Lipinski definition) is 1. The summed E-state index contributed by atoms with van der Waals surface area (Å²) in [5.41, 5.74) is -1.87. The molecule has 0 unspecified atom stereocenters. The van der Waals surface area contributed by atoms with Gasteiger partial charge in [-0.1, -0.05) is 0 Å². The minimum absolute atomic E-state index is 0.119. The fraction of sp³-hybridized carbons (Fsp3) is 0.0769. The maximum atomic E-state index is 11.4. The molecule has 0 amide bonds. The van der Waals surface area contributed by atoms with Crippen molar-refractivity contribution in [3.05, 3.63) is 58.6 Å². The van der Waals surface area contributed by atoms with Gasteiger partial charge in [-0.05, 0) is 39.2 Å². The smallest absolute Gasteiger partial charge is 0.307 e. The molecule has 0 fully saturated rings. The molecule has 0 saturated carbocycles. The average Bonchev–Trinajstić information content (AvgIpc) is 3.05. The summed E-state index contributed by atoms with van der Waals surface area (Å²) in [5, 5.41) is 43.3. The molecule has 1 N–H and O–H groups in total. The molecule has 0 spiro atoms. The molecule has 1 heterocycles. The van der Waals surface area contributed by atoms with Crippen LogP contribution in [0.15, 0.2) is 27.3 Å². The molecule has 138 valence electrons. The monoisotopic (exact) mass is 438 g/mol. The molecule has 0 aliphatic carbocycles. The van der Waals surface area contributed by atoms with E-state index < -0.39 is 26.1 Å².